The van der Waals surface area contributed by atoms with Gasteiger partial charge in [-0.2, -0.15) is 13.2 Å². The maximum Gasteiger partial charge on any atom is 0.391 e. The molecule has 0 saturated carbocycles. The van der Waals surface area contributed by atoms with Gasteiger partial charge in [-0.25, -0.2) is 0 Å². The number of alkyl halides is 4. The third-order valence-corrected chi connectivity index (χ3v) is 3.83. The Morgan fingerprint density at radius 2 is 1.76 bits per heavy atom. The topological polar surface area (TPSA) is 20.3 Å². The first-order chi connectivity index (χ1) is 7.68. The van der Waals surface area contributed by atoms with E-state index in [1.165, 1.54) is 4.90 Å². The summed E-state index contributed by atoms with van der Waals surface area (Å²) in [6.45, 7) is 3.75. The van der Waals surface area contributed by atoms with Crippen LogP contribution in [0.25, 0.3) is 0 Å². The predicted molar refractivity (Wildman–Crippen MR) is 59.9 cm³/mol. The van der Waals surface area contributed by atoms with E-state index in [1.54, 1.807) is 13.8 Å². The number of likely N-dealkylation sites (tertiary alicyclic amines) is 1. The Labute approximate surface area is 104 Å². The summed E-state index contributed by atoms with van der Waals surface area (Å²) < 4.78 is 37.3. The Kier molecular flexibility index (Phi) is 4.33. The molecule has 17 heavy (non-hydrogen) atoms. The van der Waals surface area contributed by atoms with Crippen LogP contribution in [0.5, 0.6) is 0 Å². The second-order valence-corrected chi connectivity index (χ2v) is 5.39. The van der Waals surface area contributed by atoms with Gasteiger partial charge in [0.15, 0.2) is 0 Å². The number of halogens is 4. The van der Waals surface area contributed by atoms with Crippen molar-refractivity contribution in [2.24, 2.45) is 11.3 Å². The van der Waals surface area contributed by atoms with Gasteiger partial charge in [0, 0.05) is 19.0 Å². The highest BCUT2D eigenvalue weighted by atomic mass is 35.5. The van der Waals surface area contributed by atoms with Gasteiger partial charge in [0.25, 0.3) is 0 Å². The van der Waals surface area contributed by atoms with Gasteiger partial charge in [-0.05, 0) is 26.7 Å². The van der Waals surface area contributed by atoms with Gasteiger partial charge in [-0.3, -0.25) is 4.79 Å². The second-order valence-electron chi connectivity index (χ2n) is 5.13. The van der Waals surface area contributed by atoms with Crippen molar-refractivity contribution in [3.8, 4) is 0 Å². The Morgan fingerprint density at radius 3 is 2.12 bits per heavy atom. The molecule has 0 spiro atoms. The van der Waals surface area contributed by atoms with Gasteiger partial charge < -0.3 is 4.90 Å². The highest BCUT2D eigenvalue weighted by molar-refractivity contribution is 6.19. The number of nitrogens with zero attached hydrogens (tertiary/aromatic N) is 1. The van der Waals surface area contributed by atoms with E-state index in [2.05, 4.69) is 0 Å². The van der Waals surface area contributed by atoms with Crippen molar-refractivity contribution in [2.45, 2.75) is 32.9 Å². The van der Waals surface area contributed by atoms with Crippen molar-refractivity contribution in [3.63, 3.8) is 0 Å². The zero-order valence-electron chi connectivity index (χ0n) is 9.98. The fourth-order valence-electron chi connectivity index (χ4n) is 1.90. The lowest BCUT2D eigenvalue weighted by atomic mass is 9.90. The molecule has 2 nitrogen and oxygen atoms in total. The lowest BCUT2D eigenvalue weighted by molar-refractivity contribution is -0.187. The van der Waals surface area contributed by atoms with Gasteiger partial charge in [0.2, 0.25) is 5.91 Å². The van der Waals surface area contributed by atoms with E-state index in [0.717, 1.165) is 0 Å². The van der Waals surface area contributed by atoms with E-state index in [-0.39, 0.29) is 37.7 Å². The fraction of sp³-hybridized carbons (Fsp3) is 0.909. The molecule has 0 aromatic rings. The first-order valence-electron chi connectivity index (χ1n) is 5.60. The average Bonchev–Trinajstić information content (AvgIpc) is 2.27. The molecule has 0 aliphatic carbocycles. The van der Waals surface area contributed by atoms with Crippen LogP contribution in [-0.4, -0.2) is 36.0 Å². The van der Waals surface area contributed by atoms with E-state index in [4.69, 9.17) is 11.6 Å². The number of carbonyl (C=O) groups is 1. The molecule has 1 fully saturated rings. The van der Waals surface area contributed by atoms with Crippen molar-refractivity contribution in [1.82, 2.24) is 4.90 Å². The highest BCUT2D eigenvalue weighted by Crippen LogP contribution is 2.35. The lowest BCUT2D eigenvalue weighted by Crippen LogP contribution is -2.47. The molecule has 0 aromatic heterocycles. The number of rotatable bonds is 2. The lowest BCUT2D eigenvalue weighted by Gasteiger charge is -2.36. The van der Waals surface area contributed by atoms with Crippen molar-refractivity contribution in [3.05, 3.63) is 0 Å². The number of amides is 1. The monoisotopic (exact) mass is 271 g/mol. The summed E-state index contributed by atoms with van der Waals surface area (Å²) in [7, 11) is 0. The maximum absolute atomic E-state index is 12.4. The molecule has 1 heterocycles. The van der Waals surface area contributed by atoms with Gasteiger partial charge in [0.05, 0.1) is 11.3 Å². The molecular weight excluding hydrogens is 255 g/mol. The summed E-state index contributed by atoms with van der Waals surface area (Å²) in [6, 6.07) is 0. The first-order valence-corrected chi connectivity index (χ1v) is 6.14. The first kappa shape index (κ1) is 14.6. The summed E-state index contributed by atoms with van der Waals surface area (Å²) in [5.41, 5.74) is -0.702. The Morgan fingerprint density at radius 1 is 1.29 bits per heavy atom. The van der Waals surface area contributed by atoms with Crippen LogP contribution in [0.15, 0.2) is 0 Å². The van der Waals surface area contributed by atoms with Crippen molar-refractivity contribution < 1.29 is 18.0 Å². The number of hydrogen-bond acceptors (Lipinski definition) is 1. The van der Waals surface area contributed by atoms with Crippen LogP contribution >= 0.6 is 11.6 Å². The second kappa shape index (κ2) is 5.04. The Bertz CT molecular complexity index is 283. The molecule has 0 atom stereocenters. The third kappa shape index (κ3) is 3.50. The predicted octanol–water partition coefficient (Wildman–Crippen LogP) is 3.05. The molecule has 1 saturated heterocycles. The summed E-state index contributed by atoms with van der Waals surface area (Å²) in [5.74, 6) is -1.26. The number of hydrogen-bond donors (Lipinski definition) is 0. The van der Waals surface area contributed by atoms with E-state index in [9.17, 15) is 18.0 Å². The largest absolute Gasteiger partial charge is 0.391 e. The molecule has 1 amide bonds. The van der Waals surface area contributed by atoms with Crippen LogP contribution < -0.4 is 0 Å². The smallest absolute Gasteiger partial charge is 0.342 e. The summed E-state index contributed by atoms with van der Waals surface area (Å²) in [6.07, 6.45) is -4.15. The third-order valence-electron chi connectivity index (χ3n) is 3.16. The summed E-state index contributed by atoms with van der Waals surface area (Å²) >= 11 is 5.68. The number of carbonyl (C=O) groups excluding carboxylic acids is 1. The van der Waals surface area contributed by atoms with Gasteiger partial charge >= 0.3 is 6.18 Å². The SMILES string of the molecule is CC(C)(CCl)C(=O)N1CCC(C(F)(F)F)CC1. The molecule has 0 bridgehead atoms. The average molecular weight is 272 g/mol. The van der Waals surface area contributed by atoms with Crippen LogP contribution in [-0.2, 0) is 4.79 Å². The zero-order chi connectivity index (χ0) is 13.3. The maximum atomic E-state index is 12.4. The molecule has 0 N–H and O–H groups in total. The van der Waals surface area contributed by atoms with Crippen LogP contribution in [0.4, 0.5) is 13.2 Å². The minimum atomic E-state index is -4.14. The Balaban J connectivity index is 2.56. The van der Waals surface area contributed by atoms with Crippen LogP contribution in [0, 0.1) is 11.3 Å². The molecule has 1 aliphatic rings. The van der Waals surface area contributed by atoms with Crippen molar-refractivity contribution >= 4 is 17.5 Å². The molecule has 1 aliphatic heterocycles. The zero-order valence-corrected chi connectivity index (χ0v) is 10.7. The normalized spacial score (nSPS) is 19.5. The standard InChI is InChI=1S/C11H17ClF3NO/c1-10(2,7-12)9(17)16-5-3-8(4-6-16)11(13,14)15/h8H,3-7H2,1-2H3. The molecule has 100 valence electrons. The molecule has 1 rings (SSSR count). The highest BCUT2D eigenvalue weighted by Gasteiger charge is 2.43. The summed E-state index contributed by atoms with van der Waals surface area (Å²) in [4.78, 5) is 13.5. The molecule has 0 aromatic carbocycles. The van der Waals surface area contributed by atoms with E-state index in [0.29, 0.717) is 0 Å². The molecule has 0 radical (unpaired) electrons. The quantitative estimate of drug-likeness (QED) is 0.707. The molecule has 6 heteroatoms. The fourth-order valence-corrected chi connectivity index (χ4v) is 2.01. The van der Waals surface area contributed by atoms with Gasteiger partial charge in [0.1, 0.15) is 0 Å². The van der Waals surface area contributed by atoms with Crippen LogP contribution in [0.1, 0.15) is 26.7 Å². The van der Waals surface area contributed by atoms with E-state index in [1.807, 2.05) is 0 Å². The number of piperidine rings is 1. The molecule has 0 unspecified atom stereocenters. The van der Waals surface area contributed by atoms with E-state index >= 15 is 0 Å². The van der Waals surface area contributed by atoms with Gasteiger partial charge in [-0.1, -0.05) is 0 Å². The van der Waals surface area contributed by atoms with Crippen molar-refractivity contribution in [2.75, 3.05) is 19.0 Å². The molecular formula is C11H17ClF3NO. The van der Waals surface area contributed by atoms with Crippen molar-refractivity contribution in [1.29, 1.82) is 0 Å². The minimum Gasteiger partial charge on any atom is -0.342 e. The van der Waals surface area contributed by atoms with Gasteiger partial charge in [-0.15, -0.1) is 11.6 Å². The van der Waals surface area contributed by atoms with Crippen LogP contribution in [0.3, 0.4) is 0 Å². The van der Waals surface area contributed by atoms with E-state index < -0.39 is 17.5 Å². The minimum absolute atomic E-state index is 0.00634. The van der Waals surface area contributed by atoms with Crippen LogP contribution in [0.2, 0.25) is 0 Å². The Hall–Kier alpha value is -0.450. The summed E-state index contributed by atoms with van der Waals surface area (Å²) in [5, 5.41) is 0.